The van der Waals surface area contributed by atoms with Crippen LogP contribution in [0.2, 0.25) is 0 Å². The third-order valence-corrected chi connectivity index (χ3v) is 4.76. The lowest BCUT2D eigenvalue weighted by Gasteiger charge is -2.15. The molecule has 2 aromatic rings. The molecule has 2 heterocycles. The summed E-state index contributed by atoms with van der Waals surface area (Å²) >= 11 is 0. The molecule has 0 bridgehead atoms. The number of guanidine groups is 1. The zero-order valence-electron chi connectivity index (χ0n) is 15.8. The Morgan fingerprint density at radius 3 is 2.46 bits per heavy atom. The minimum absolute atomic E-state index is 0.599. The number of aryl methyl sites for hydroxylation is 1. The molecule has 0 unspecified atom stereocenters. The number of likely N-dealkylation sites (tertiary alicyclic amines) is 1. The summed E-state index contributed by atoms with van der Waals surface area (Å²) in [5.74, 6) is 1.67. The molecule has 140 valence electrons. The van der Waals surface area contributed by atoms with Crippen molar-refractivity contribution in [3.05, 3.63) is 47.5 Å². The number of benzene rings is 1. The van der Waals surface area contributed by atoms with Gasteiger partial charge in [-0.3, -0.25) is 9.89 Å². The Balaban J connectivity index is 1.45. The van der Waals surface area contributed by atoms with E-state index in [2.05, 4.69) is 61.9 Å². The molecule has 7 heteroatoms. The van der Waals surface area contributed by atoms with Gasteiger partial charge in [0.2, 0.25) is 0 Å². The topological polar surface area (TPSA) is 70.4 Å². The number of aromatic nitrogens is 3. The summed E-state index contributed by atoms with van der Waals surface area (Å²) in [5.41, 5.74) is 2.63. The van der Waals surface area contributed by atoms with Crippen LogP contribution in [-0.2, 0) is 26.2 Å². The molecular weight excluding hydrogens is 326 g/mol. The summed E-state index contributed by atoms with van der Waals surface area (Å²) in [7, 11) is 1.78. The lowest BCUT2D eigenvalue weighted by atomic mass is 10.1. The van der Waals surface area contributed by atoms with E-state index in [4.69, 9.17) is 0 Å². The minimum atomic E-state index is 0.599. The highest BCUT2D eigenvalue weighted by Gasteiger charge is 2.11. The highest BCUT2D eigenvalue weighted by atomic mass is 15.3. The molecule has 0 radical (unpaired) electrons. The zero-order chi connectivity index (χ0) is 18.2. The van der Waals surface area contributed by atoms with Crippen LogP contribution in [0, 0.1) is 0 Å². The molecule has 0 saturated carbocycles. The summed E-state index contributed by atoms with van der Waals surface area (Å²) in [4.78, 5) is 6.80. The second kappa shape index (κ2) is 9.33. The molecule has 1 aromatic heterocycles. The number of nitrogens with zero attached hydrogens (tertiary/aromatic N) is 5. The molecule has 0 amide bonds. The van der Waals surface area contributed by atoms with Crippen molar-refractivity contribution in [3.63, 3.8) is 0 Å². The van der Waals surface area contributed by atoms with Crippen LogP contribution in [0.25, 0.3) is 0 Å². The van der Waals surface area contributed by atoms with Crippen LogP contribution in [0.3, 0.4) is 0 Å². The molecular formula is C19H29N7. The van der Waals surface area contributed by atoms with E-state index < -0.39 is 0 Å². The van der Waals surface area contributed by atoms with Crippen molar-refractivity contribution >= 4 is 5.96 Å². The van der Waals surface area contributed by atoms with Crippen molar-refractivity contribution in [1.82, 2.24) is 30.3 Å². The first-order valence-electron chi connectivity index (χ1n) is 9.40. The van der Waals surface area contributed by atoms with E-state index in [1.807, 2.05) is 4.57 Å². The maximum atomic E-state index is 4.27. The highest BCUT2D eigenvalue weighted by Crippen LogP contribution is 2.13. The van der Waals surface area contributed by atoms with Gasteiger partial charge in [0.25, 0.3) is 0 Å². The third kappa shape index (κ3) is 5.05. The van der Waals surface area contributed by atoms with E-state index in [0.717, 1.165) is 31.4 Å². The van der Waals surface area contributed by atoms with Crippen molar-refractivity contribution in [2.75, 3.05) is 20.1 Å². The van der Waals surface area contributed by atoms with Gasteiger partial charge in [0.15, 0.2) is 11.8 Å². The Kier molecular flexibility index (Phi) is 6.60. The van der Waals surface area contributed by atoms with Gasteiger partial charge >= 0.3 is 0 Å². The normalized spacial score (nSPS) is 15.4. The zero-order valence-corrected chi connectivity index (χ0v) is 15.8. The van der Waals surface area contributed by atoms with Gasteiger partial charge in [-0.05, 0) is 44.0 Å². The Hall–Kier alpha value is -2.41. The summed E-state index contributed by atoms with van der Waals surface area (Å²) in [6.45, 7) is 7.81. The van der Waals surface area contributed by atoms with Gasteiger partial charge in [0.05, 0.1) is 6.54 Å². The first kappa shape index (κ1) is 18.4. The smallest absolute Gasteiger partial charge is 0.191 e. The van der Waals surface area contributed by atoms with E-state index in [1.54, 1.807) is 13.4 Å². The molecule has 0 aliphatic carbocycles. The molecule has 1 aliphatic rings. The van der Waals surface area contributed by atoms with Gasteiger partial charge in [0.1, 0.15) is 6.33 Å². The molecule has 3 rings (SSSR count). The predicted molar refractivity (Wildman–Crippen MR) is 104 cm³/mol. The summed E-state index contributed by atoms with van der Waals surface area (Å²) < 4.78 is 2.01. The van der Waals surface area contributed by atoms with Crippen LogP contribution in [0.5, 0.6) is 0 Å². The van der Waals surface area contributed by atoms with Crippen LogP contribution < -0.4 is 10.6 Å². The van der Waals surface area contributed by atoms with Crippen molar-refractivity contribution in [3.8, 4) is 0 Å². The SMILES string of the molecule is CCn1cnnc1CNC(=NC)NCc1ccc(CN2CCCC2)cc1. The molecule has 0 atom stereocenters. The maximum Gasteiger partial charge on any atom is 0.191 e. The lowest BCUT2D eigenvalue weighted by Crippen LogP contribution is -2.37. The summed E-state index contributed by atoms with van der Waals surface area (Å²) in [6, 6.07) is 8.85. The molecule has 26 heavy (non-hydrogen) atoms. The molecule has 2 N–H and O–H groups in total. The van der Waals surface area contributed by atoms with Gasteiger partial charge in [-0.1, -0.05) is 24.3 Å². The second-order valence-electron chi connectivity index (χ2n) is 6.61. The van der Waals surface area contributed by atoms with E-state index in [-0.39, 0.29) is 0 Å². The van der Waals surface area contributed by atoms with E-state index in [0.29, 0.717) is 6.54 Å². The van der Waals surface area contributed by atoms with Crippen molar-refractivity contribution in [1.29, 1.82) is 0 Å². The predicted octanol–water partition coefficient (Wildman–Crippen LogP) is 1.76. The third-order valence-electron chi connectivity index (χ3n) is 4.76. The first-order valence-corrected chi connectivity index (χ1v) is 9.40. The van der Waals surface area contributed by atoms with Crippen molar-refractivity contribution in [2.24, 2.45) is 4.99 Å². The van der Waals surface area contributed by atoms with E-state index in [1.165, 1.54) is 37.1 Å². The van der Waals surface area contributed by atoms with E-state index >= 15 is 0 Å². The minimum Gasteiger partial charge on any atom is -0.352 e. The van der Waals surface area contributed by atoms with Crippen LogP contribution in [-0.4, -0.2) is 45.8 Å². The number of aliphatic imine (C=N–C) groups is 1. The number of rotatable bonds is 7. The second-order valence-corrected chi connectivity index (χ2v) is 6.61. The average molecular weight is 355 g/mol. The largest absolute Gasteiger partial charge is 0.352 e. The van der Waals surface area contributed by atoms with Crippen molar-refractivity contribution < 1.29 is 0 Å². The fourth-order valence-corrected chi connectivity index (χ4v) is 3.21. The standard InChI is InChI=1S/C19H29N7/c1-3-26-15-23-24-18(26)13-22-19(20-2)21-12-16-6-8-17(9-7-16)14-25-10-4-5-11-25/h6-9,15H,3-5,10-14H2,1-2H3,(H2,20,21,22). The molecule has 1 aliphatic heterocycles. The Labute approximate surface area is 155 Å². The maximum absolute atomic E-state index is 4.27. The first-order chi connectivity index (χ1) is 12.8. The molecule has 1 saturated heterocycles. The number of nitrogens with one attached hydrogen (secondary N) is 2. The van der Waals surface area contributed by atoms with Crippen LogP contribution in [0.1, 0.15) is 36.7 Å². The monoisotopic (exact) mass is 355 g/mol. The quantitative estimate of drug-likeness (QED) is 0.585. The fraction of sp³-hybridized carbons (Fsp3) is 0.526. The van der Waals surface area contributed by atoms with Crippen LogP contribution in [0.15, 0.2) is 35.6 Å². The van der Waals surface area contributed by atoms with Gasteiger partial charge in [-0.25, -0.2) is 0 Å². The average Bonchev–Trinajstić information content (AvgIpc) is 3.34. The Morgan fingerprint density at radius 1 is 1.08 bits per heavy atom. The fourth-order valence-electron chi connectivity index (χ4n) is 3.21. The van der Waals surface area contributed by atoms with E-state index in [9.17, 15) is 0 Å². The number of hydrogen-bond donors (Lipinski definition) is 2. The number of hydrogen-bond acceptors (Lipinski definition) is 4. The van der Waals surface area contributed by atoms with Crippen LogP contribution >= 0.6 is 0 Å². The Bertz CT molecular complexity index is 699. The summed E-state index contributed by atoms with van der Waals surface area (Å²) in [5, 5.41) is 14.7. The molecule has 0 spiro atoms. The van der Waals surface area contributed by atoms with Gasteiger partial charge in [0, 0.05) is 26.7 Å². The van der Waals surface area contributed by atoms with Crippen LogP contribution in [0.4, 0.5) is 0 Å². The van der Waals surface area contributed by atoms with Gasteiger partial charge < -0.3 is 15.2 Å². The molecule has 7 nitrogen and oxygen atoms in total. The highest BCUT2D eigenvalue weighted by molar-refractivity contribution is 5.79. The summed E-state index contributed by atoms with van der Waals surface area (Å²) in [6.07, 6.45) is 4.42. The molecule has 1 fully saturated rings. The van der Waals surface area contributed by atoms with Gasteiger partial charge in [-0.15, -0.1) is 10.2 Å². The van der Waals surface area contributed by atoms with Crippen molar-refractivity contribution in [2.45, 2.75) is 45.9 Å². The Morgan fingerprint density at radius 2 is 1.77 bits per heavy atom. The lowest BCUT2D eigenvalue weighted by molar-refractivity contribution is 0.331. The van der Waals surface area contributed by atoms with Gasteiger partial charge in [-0.2, -0.15) is 0 Å². The molecule has 1 aromatic carbocycles.